The zero-order valence-electron chi connectivity index (χ0n) is 16.5. The van der Waals surface area contributed by atoms with Gasteiger partial charge in [-0.15, -0.1) is 5.10 Å². The molecule has 3 aromatic rings. The van der Waals surface area contributed by atoms with Gasteiger partial charge in [-0.3, -0.25) is 9.78 Å². The molecule has 29 heavy (non-hydrogen) atoms. The van der Waals surface area contributed by atoms with Crippen LogP contribution in [0, 0.1) is 11.8 Å². The van der Waals surface area contributed by atoms with E-state index in [2.05, 4.69) is 30.9 Å². The van der Waals surface area contributed by atoms with Crippen LogP contribution in [0.1, 0.15) is 37.6 Å². The highest BCUT2D eigenvalue weighted by atomic mass is 16.4. The van der Waals surface area contributed by atoms with Crippen molar-refractivity contribution in [3.63, 3.8) is 0 Å². The smallest absolute Gasteiger partial charge is 0.307 e. The molecule has 0 spiro atoms. The molecule has 0 saturated carbocycles. The number of nitrogens with one attached hydrogen (secondary N) is 2. The normalized spacial score (nSPS) is 13.5. The second-order valence-corrected chi connectivity index (χ2v) is 7.57. The molecule has 0 aliphatic rings. The maximum Gasteiger partial charge on any atom is 0.307 e. The summed E-state index contributed by atoms with van der Waals surface area (Å²) < 4.78 is 0. The Kier molecular flexibility index (Phi) is 6.71. The molecule has 2 aromatic heterocycles. The van der Waals surface area contributed by atoms with Crippen LogP contribution in [0.2, 0.25) is 0 Å². The number of aliphatic hydroxyl groups excluding tert-OH is 1. The molecule has 0 aliphatic heterocycles. The number of carboxylic acid groups (broad SMARTS) is 1. The van der Waals surface area contributed by atoms with Gasteiger partial charge in [-0.2, -0.15) is 0 Å². The molecule has 2 atom stereocenters. The van der Waals surface area contributed by atoms with E-state index in [1.807, 2.05) is 38.1 Å². The molecule has 1 aromatic carbocycles. The first kappa shape index (κ1) is 20.7. The van der Waals surface area contributed by atoms with Gasteiger partial charge < -0.3 is 15.5 Å². The highest BCUT2D eigenvalue weighted by molar-refractivity contribution is 5.82. The quantitative estimate of drug-likeness (QED) is 0.408. The van der Waals surface area contributed by atoms with Gasteiger partial charge in [-0.25, -0.2) is 5.10 Å². The summed E-state index contributed by atoms with van der Waals surface area (Å²) >= 11 is 0. The van der Waals surface area contributed by atoms with Crippen LogP contribution in [-0.4, -0.2) is 54.9 Å². The number of benzene rings is 1. The van der Waals surface area contributed by atoms with Crippen molar-refractivity contribution in [2.24, 2.45) is 11.8 Å². The first-order valence-electron chi connectivity index (χ1n) is 9.67. The van der Waals surface area contributed by atoms with E-state index in [9.17, 15) is 9.90 Å². The second kappa shape index (κ2) is 9.42. The molecule has 4 N–H and O–H groups in total. The van der Waals surface area contributed by atoms with E-state index >= 15 is 0 Å². The number of aromatic amines is 1. The Morgan fingerprint density at radius 2 is 2.10 bits per heavy atom. The van der Waals surface area contributed by atoms with Crippen LogP contribution >= 0.6 is 0 Å². The summed E-state index contributed by atoms with van der Waals surface area (Å²) in [6.45, 7) is 4.53. The fraction of sp³-hybridized carbons (Fsp3) is 0.450. The fourth-order valence-corrected chi connectivity index (χ4v) is 3.54. The van der Waals surface area contributed by atoms with Crippen LogP contribution < -0.4 is 5.32 Å². The number of carbonyl (C=O) groups is 1. The summed E-state index contributed by atoms with van der Waals surface area (Å²) in [5, 5.41) is 36.8. The minimum Gasteiger partial charge on any atom is -0.481 e. The summed E-state index contributed by atoms with van der Waals surface area (Å²) in [4.78, 5) is 16.5. The first-order valence-corrected chi connectivity index (χ1v) is 9.67. The van der Waals surface area contributed by atoms with Crippen molar-refractivity contribution in [1.82, 2.24) is 25.6 Å². The Morgan fingerprint density at radius 3 is 2.76 bits per heavy atom. The number of nitrogens with zero attached hydrogens (tertiary/aromatic N) is 4. The Bertz CT molecular complexity index is 945. The highest BCUT2D eigenvalue weighted by Crippen LogP contribution is 2.32. The van der Waals surface area contributed by atoms with E-state index in [1.165, 1.54) is 0 Å². The molecule has 9 nitrogen and oxygen atoms in total. The number of carboxylic acids is 1. The lowest BCUT2D eigenvalue weighted by molar-refractivity contribution is -0.143. The Morgan fingerprint density at radius 1 is 1.28 bits per heavy atom. The summed E-state index contributed by atoms with van der Waals surface area (Å²) in [7, 11) is 0. The minimum absolute atomic E-state index is 0.0516. The standard InChI is InChI=1S/C20H26N6O3/c1-12(2)7-17(20(28)29)16(19-23-25-26-24-19)8-13-3-4-14-10-15(21-5-6-27)11-22-18(14)9-13/h3-4,9-12,16-17,21,27H,5-8H2,1-2H3,(H,28,29)(H,23,24,25,26)/t16?,17-/m0/s1. The number of aliphatic carboxylic acids is 1. The number of hydrogen-bond acceptors (Lipinski definition) is 7. The van der Waals surface area contributed by atoms with Crippen LogP contribution in [0.5, 0.6) is 0 Å². The van der Waals surface area contributed by atoms with Gasteiger partial charge in [0.15, 0.2) is 5.82 Å². The lowest BCUT2D eigenvalue weighted by Gasteiger charge is -2.23. The minimum atomic E-state index is -0.849. The average molecular weight is 398 g/mol. The Labute approximate surface area is 168 Å². The molecule has 0 amide bonds. The molecule has 0 aliphatic carbocycles. The van der Waals surface area contributed by atoms with Gasteiger partial charge in [-0.1, -0.05) is 26.0 Å². The number of fused-ring (bicyclic) bond motifs is 1. The largest absolute Gasteiger partial charge is 0.481 e. The molecule has 0 fully saturated rings. The molecule has 0 saturated heterocycles. The van der Waals surface area contributed by atoms with E-state index in [-0.39, 0.29) is 18.4 Å². The molecular weight excluding hydrogens is 372 g/mol. The number of rotatable bonds is 10. The topological polar surface area (TPSA) is 137 Å². The lowest BCUT2D eigenvalue weighted by Crippen LogP contribution is -2.26. The highest BCUT2D eigenvalue weighted by Gasteiger charge is 2.32. The van der Waals surface area contributed by atoms with Crippen LogP contribution in [0.25, 0.3) is 10.9 Å². The lowest BCUT2D eigenvalue weighted by atomic mass is 9.81. The summed E-state index contributed by atoms with van der Waals surface area (Å²) in [5.41, 5.74) is 2.63. The number of aliphatic hydroxyl groups is 1. The first-order chi connectivity index (χ1) is 14.0. The van der Waals surface area contributed by atoms with Crippen molar-refractivity contribution in [1.29, 1.82) is 0 Å². The van der Waals surface area contributed by atoms with Crippen molar-refractivity contribution in [3.05, 3.63) is 41.9 Å². The number of pyridine rings is 1. The Balaban J connectivity index is 1.88. The van der Waals surface area contributed by atoms with Crippen molar-refractivity contribution < 1.29 is 15.0 Å². The molecule has 3 rings (SSSR count). The number of anilines is 1. The SMILES string of the molecule is CC(C)C[C@H](C(=O)O)C(Cc1ccc2cc(NCCO)cnc2c1)c1nnn[nH]1. The van der Waals surface area contributed by atoms with Crippen LogP contribution in [-0.2, 0) is 11.2 Å². The number of hydrogen-bond donors (Lipinski definition) is 4. The zero-order chi connectivity index (χ0) is 20.8. The summed E-state index contributed by atoms with van der Waals surface area (Å²) in [6.07, 6.45) is 2.74. The maximum atomic E-state index is 12.0. The number of tetrazole rings is 1. The third-order valence-electron chi connectivity index (χ3n) is 4.89. The molecule has 0 bridgehead atoms. The van der Waals surface area contributed by atoms with E-state index < -0.39 is 11.9 Å². The Hall–Kier alpha value is -3.07. The van der Waals surface area contributed by atoms with Gasteiger partial charge in [0.2, 0.25) is 0 Å². The van der Waals surface area contributed by atoms with Gasteiger partial charge in [-0.05, 0) is 46.9 Å². The molecule has 0 radical (unpaired) electrons. The van der Waals surface area contributed by atoms with E-state index in [0.717, 1.165) is 22.2 Å². The summed E-state index contributed by atoms with van der Waals surface area (Å²) in [6, 6.07) is 7.88. The fourth-order valence-electron chi connectivity index (χ4n) is 3.54. The molecule has 2 heterocycles. The van der Waals surface area contributed by atoms with Gasteiger partial charge in [0.25, 0.3) is 0 Å². The van der Waals surface area contributed by atoms with Crippen molar-refractivity contribution in [3.8, 4) is 0 Å². The third kappa shape index (κ3) is 5.26. The number of H-pyrrole nitrogens is 1. The van der Waals surface area contributed by atoms with Crippen LogP contribution in [0.4, 0.5) is 5.69 Å². The number of aromatic nitrogens is 5. The van der Waals surface area contributed by atoms with E-state index in [4.69, 9.17) is 5.11 Å². The molecule has 154 valence electrons. The van der Waals surface area contributed by atoms with Gasteiger partial charge >= 0.3 is 5.97 Å². The van der Waals surface area contributed by atoms with Crippen molar-refractivity contribution in [2.45, 2.75) is 32.6 Å². The van der Waals surface area contributed by atoms with Crippen molar-refractivity contribution >= 4 is 22.6 Å². The van der Waals surface area contributed by atoms with Gasteiger partial charge in [0, 0.05) is 17.8 Å². The van der Waals surface area contributed by atoms with Crippen LogP contribution in [0.15, 0.2) is 30.5 Å². The van der Waals surface area contributed by atoms with Gasteiger partial charge in [0.1, 0.15) is 0 Å². The predicted molar refractivity (Wildman–Crippen MR) is 109 cm³/mol. The monoisotopic (exact) mass is 398 g/mol. The molecule has 9 heteroatoms. The van der Waals surface area contributed by atoms with Gasteiger partial charge in [0.05, 0.1) is 29.9 Å². The molecule has 1 unspecified atom stereocenters. The predicted octanol–water partition coefficient (Wildman–Crippen LogP) is 2.23. The molecular formula is C20H26N6O3. The maximum absolute atomic E-state index is 12.0. The van der Waals surface area contributed by atoms with Crippen LogP contribution in [0.3, 0.4) is 0 Å². The third-order valence-corrected chi connectivity index (χ3v) is 4.89. The summed E-state index contributed by atoms with van der Waals surface area (Å²) in [5.74, 6) is -1.10. The van der Waals surface area contributed by atoms with E-state index in [1.54, 1.807) is 6.20 Å². The van der Waals surface area contributed by atoms with E-state index in [0.29, 0.717) is 25.2 Å². The van der Waals surface area contributed by atoms with Crippen molar-refractivity contribution in [2.75, 3.05) is 18.5 Å². The second-order valence-electron chi connectivity index (χ2n) is 7.57. The zero-order valence-corrected chi connectivity index (χ0v) is 16.5. The average Bonchev–Trinajstić information content (AvgIpc) is 3.23.